The van der Waals surface area contributed by atoms with E-state index < -0.39 is 29.4 Å². The minimum atomic E-state index is -1.44. The first-order chi connectivity index (χ1) is 9.76. The Labute approximate surface area is 121 Å². The van der Waals surface area contributed by atoms with Crippen LogP contribution in [0.3, 0.4) is 0 Å². The normalized spacial score (nSPS) is 12.4. The molecule has 21 heavy (non-hydrogen) atoms. The van der Waals surface area contributed by atoms with E-state index in [-0.39, 0.29) is 6.54 Å². The first kappa shape index (κ1) is 16.9. The summed E-state index contributed by atoms with van der Waals surface area (Å²) in [7, 11) is 1.13. The van der Waals surface area contributed by atoms with Crippen LogP contribution in [-0.2, 0) is 14.3 Å². The van der Waals surface area contributed by atoms with E-state index in [4.69, 9.17) is 4.74 Å². The van der Waals surface area contributed by atoms with Crippen molar-refractivity contribution in [3.05, 3.63) is 30.1 Å². The molecular weight excluding hydrogens is 281 g/mol. The van der Waals surface area contributed by atoms with E-state index in [9.17, 15) is 19.1 Å². The molecule has 116 valence electrons. The summed E-state index contributed by atoms with van der Waals surface area (Å²) in [6.07, 6.45) is -1.44. The average molecular weight is 299 g/mol. The predicted molar refractivity (Wildman–Crippen MR) is 72.1 cm³/mol. The van der Waals surface area contributed by atoms with Crippen LogP contribution in [0.2, 0.25) is 0 Å². The second-order valence-corrected chi connectivity index (χ2v) is 4.82. The van der Waals surface area contributed by atoms with Crippen LogP contribution in [0, 0.1) is 5.82 Å². The van der Waals surface area contributed by atoms with Gasteiger partial charge in [-0.25, -0.2) is 9.18 Å². The minimum absolute atomic E-state index is 0.290. The van der Waals surface area contributed by atoms with Gasteiger partial charge in [-0.05, 0) is 38.1 Å². The van der Waals surface area contributed by atoms with Crippen molar-refractivity contribution in [2.45, 2.75) is 25.6 Å². The van der Waals surface area contributed by atoms with E-state index in [2.05, 4.69) is 10.1 Å². The smallest absolute Gasteiger partial charge is 0.336 e. The van der Waals surface area contributed by atoms with Crippen molar-refractivity contribution >= 4 is 11.9 Å². The fourth-order valence-corrected chi connectivity index (χ4v) is 1.47. The lowest BCUT2D eigenvalue weighted by molar-refractivity contribution is -0.150. The molecule has 2 N–H and O–H groups in total. The number of nitrogens with one attached hydrogen (secondary N) is 1. The number of halogens is 1. The Morgan fingerprint density at radius 3 is 2.43 bits per heavy atom. The van der Waals surface area contributed by atoms with Crippen molar-refractivity contribution in [2.24, 2.45) is 0 Å². The van der Waals surface area contributed by atoms with E-state index in [1.165, 1.54) is 38.1 Å². The molecule has 0 radical (unpaired) electrons. The fourth-order valence-electron chi connectivity index (χ4n) is 1.47. The van der Waals surface area contributed by atoms with Crippen LogP contribution in [0.4, 0.5) is 4.39 Å². The zero-order valence-electron chi connectivity index (χ0n) is 12.1. The molecule has 0 saturated carbocycles. The van der Waals surface area contributed by atoms with Gasteiger partial charge in [-0.2, -0.15) is 0 Å². The van der Waals surface area contributed by atoms with Crippen molar-refractivity contribution in [1.82, 2.24) is 5.32 Å². The summed E-state index contributed by atoms with van der Waals surface area (Å²) in [5, 5.41) is 11.8. The first-order valence-corrected chi connectivity index (χ1v) is 6.25. The number of aliphatic hydroxyl groups excluding tert-OH is 1. The monoisotopic (exact) mass is 299 g/mol. The Kier molecular flexibility index (Phi) is 5.66. The van der Waals surface area contributed by atoms with Gasteiger partial charge in [0.15, 0.2) is 11.7 Å². The maximum absolute atomic E-state index is 12.8. The van der Waals surface area contributed by atoms with Gasteiger partial charge in [0.2, 0.25) is 0 Å². The lowest BCUT2D eigenvalue weighted by atomic mass is 10.1. The molecule has 0 heterocycles. The van der Waals surface area contributed by atoms with Gasteiger partial charge in [0, 0.05) is 0 Å². The standard InChI is InChI=1S/C14H18FNO5/c1-14(2,21-10-6-4-9(15)5-7-10)13(19)16-8-11(17)12(18)20-3/h4-7,11,17H,8H2,1-3H3,(H,16,19). The van der Waals surface area contributed by atoms with Gasteiger partial charge in [-0.3, -0.25) is 4.79 Å². The van der Waals surface area contributed by atoms with Gasteiger partial charge in [0.05, 0.1) is 13.7 Å². The van der Waals surface area contributed by atoms with Crippen LogP contribution >= 0.6 is 0 Å². The Bertz CT molecular complexity index is 501. The third-order valence-electron chi connectivity index (χ3n) is 2.66. The Balaban J connectivity index is 2.58. The molecule has 1 atom stereocenters. The number of ether oxygens (including phenoxy) is 2. The van der Waals surface area contributed by atoms with E-state index in [0.29, 0.717) is 5.75 Å². The summed E-state index contributed by atoms with van der Waals surface area (Å²) >= 11 is 0. The van der Waals surface area contributed by atoms with Gasteiger partial charge in [0.25, 0.3) is 5.91 Å². The molecule has 1 aromatic rings. The Morgan fingerprint density at radius 2 is 1.90 bits per heavy atom. The zero-order chi connectivity index (χ0) is 16.0. The molecule has 0 spiro atoms. The number of benzene rings is 1. The second kappa shape index (κ2) is 7.03. The largest absolute Gasteiger partial charge is 0.478 e. The van der Waals surface area contributed by atoms with Crippen LogP contribution < -0.4 is 10.1 Å². The highest BCUT2D eigenvalue weighted by Gasteiger charge is 2.30. The topological polar surface area (TPSA) is 84.9 Å². The van der Waals surface area contributed by atoms with Crippen LogP contribution in [0.25, 0.3) is 0 Å². The van der Waals surface area contributed by atoms with Crippen molar-refractivity contribution in [3.63, 3.8) is 0 Å². The molecular formula is C14H18FNO5. The summed E-state index contributed by atoms with van der Waals surface area (Å²) in [4.78, 5) is 23.0. The van der Waals surface area contributed by atoms with Crippen LogP contribution in [0.15, 0.2) is 24.3 Å². The molecule has 0 aliphatic rings. The number of methoxy groups -OCH3 is 1. The number of esters is 1. The number of carbonyl (C=O) groups is 2. The first-order valence-electron chi connectivity index (χ1n) is 6.25. The Morgan fingerprint density at radius 1 is 1.33 bits per heavy atom. The molecule has 0 aromatic heterocycles. The summed E-state index contributed by atoms with van der Waals surface area (Å²) in [6.45, 7) is 2.73. The van der Waals surface area contributed by atoms with Crippen LogP contribution in [0.1, 0.15) is 13.8 Å². The summed E-state index contributed by atoms with van der Waals surface area (Å²) in [6, 6.07) is 5.22. The third kappa shape index (κ3) is 5.03. The molecule has 0 aliphatic carbocycles. The SMILES string of the molecule is COC(=O)C(O)CNC(=O)C(C)(C)Oc1ccc(F)cc1. The second-order valence-electron chi connectivity index (χ2n) is 4.82. The number of rotatable bonds is 6. The van der Waals surface area contributed by atoms with Gasteiger partial charge in [-0.15, -0.1) is 0 Å². The van der Waals surface area contributed by atoms with E-state index in [1.54, 1.807) is 0 Å². The van der Waals surface area contributed by atoms with Crippen LogP contribution in [-0.4, -0.2) is 42.3 Å². The van der Waals surface area contributed by atoms with Gasteiger partial charge in [0.1, 0.15) is 11.6 Å². The van der Waals surface area contributed by atoms with Gasteiger partial charge in [-0.1, -0.05) is 0 Å². The maximum Gasteiger partial charge on any atom is 0.336 e. The number of hydrogen-bond acceptors (Lipinski definition) is 5. The molecule has 7 heteroatoms. The highest BCUT2D eigenvalue weighted by molar-refractivity contribution is 5.85. The number of aliphatic hydroxyl groups is 1. The zero-order valence-corrected chi connectivity index (χ0v) is 12.1. The van der Waals surface area contributed by atoms with Gasteiger partial charge < -0.3 is 19.9 Å². The molecule has 1 aromatic carbocycles. The Hall–Kier alpha value is -2.15. The summed E-state index contributed by atoms with van der Waals surface area (Å²) in [5.74, 6) is -1.46. The van der Waals surface area contributed by atoms with Gasteiger partial charge >= 0.3 is 5.97 Å². The molecule has 0 saturated heterocycles. The lowest BCUT2D eigenvalue weighted by Crippen LogP contribution is -2.49. The molecule has 6 nitrogen and oxygen atoms in total. The van der Waals surface area contributed by atoms with Crippen molar-refractivity contribution in [2.75, 3.05) is 13.7 Å². The number of hydrogen-bond donors (Lipinski definition) is 2. The quantitative estimate of drug-likeness (QED) is 0.753. The summed E-state index contributed by atoms with van der Waals surface area (Å²) in [5.41, 5.74) is -1.26. The highest BCUT2D eigenvalue weighted by Crippen LogP contribution is 2.18. The van der Waals surface area contributed by atoms with Crippen molar-refractivity contribution < 1.29 is 28.6 Å². The minimum Gasteiger partial charge on any atom is -0.478 e. The molecule has 1 rings (SSSR count). The molecule has 1 amide bonds. The lowest BCUT2D eigenvalue weighted by Gasteiger charge is -2.25. The molecule has 0 bridgehead atoms. The number of carbonyl (C=O) groups excluding carboxylic acids is 2. The predicted octanol–water partition coefficient (Wildman–Crippen LogP) is 0.633. The van der Waals surface area contributed by atoms with Crippen molar-refractivity contribution in [1.29, 1.82) is 0 Å². The number of amides is 1. The molecule has 0 fully saturated rings. The average Bonchev–Trinajstić information content (AvgIpc) is 2.45. The fraction of sp³-hybridized carbons (Fsp3) is 0.429. The van der Waals surface area contributed by atoms with E-state index in [0.717, 1.165) is 7.11 Å². The highest BCUT2D eigenvalue weighted by atomic mass is 19.1. The van der Waals surface area contributed by atoms with E-state index >= 15 is 0 Å². The van der Waals surface area contributed by atoms with E-state index in [1.807, 2.05) is 0 Å². The van der Waals surface area contributed by atoms with Crippen LogP contribution in [0.5, 0.6) is 5.75 Å². The summed E-state index contributed by atoms with van der Waals surface area (Å²) < 4.78 is 22.6. The third-order valence-corrected chi connectivity index (χ3v) is 2.66. The van der Waals surface area contributed by atoms with Crippen molar-refractivity contribution in [3.8, 4) is 5.75 Å². The molecule has 1 unspecified atom stereocenters. The molecule has 0 aliphatic heterocycles. The maximum atomic E-state index is 12.8.